The van der Waals surface area contributed by atoms with E-state index in [1.54, 1.807) is 11.3 Å². The molecule has 0 saturated carbocycles. The van der Waals surface area contributed by atoms with Crippen molar-refractivity contribution in [3.63, 3.8) is 0 Å². The summed E-state index contributed by atoms with van der Waals surface area (Å²) >= 11 is 13.5. The SMILES string of the molecule is O=C([O-])CCC[n+]1c(-c2ccc(Cl)cc2)csc1Nc1ccc(Cl)cc1. The number of aliphatic carboxylic acids is 1. The van der Waals surface area contributed by atoms with Crippen LogP contribution in [0.15, 0.2) is 53.9 Å². The number of carboxylic acid groups (broad SMARTS) is 1. The molecule has 0 aliphatic heterocycles. The Labute approximate surface area is 165 Å². The van der Waals surface area contributed by atoms with Crippen LogP contribution < -0.4 is 15.0 Å². The van der Waals surface area contributed by atoms with Gasteiger partial charge < -0.3 is 9.90 Å². The molecule has 26 heavy (non-hydrogen) atoms. The van der Waals surface area contributed by atoms with E-state index < -0.39 is 5.97 Å². The van der Waals surface area contributed by atoms with Gasteiger partial charge in [0.1, 0.15) is 11.4 Å². The summed E-state index contributed by atoms with van der Waals surface area (Å²) in [7, 11) is 0. The van der Waals surface area contributed by atoms with Crippen LogP contribution in [0, 0.1) is 0 Å². The fourth-order valence-corrected chi connectivity index (χ4v) is 3.78. The summed E-state index contributed by atoms with van der Waals surface area (Å²) in [5.74, 6) is -1.04. The quantitative estimate of drug-likeness (QED) is 0.595. The summed E-state index contributed by atoms with van der Waals surface area (Å²) in [6, 6.07) is 15.0. The van der Waals surface area contributed by atoms with E-state index in [-0.39, 0.29) is 6.42 Å². The largest absolute Gasteiger partial charge is 0.550 e. The molecule has 0 atom stereocenters. The second-order valence-corrected chi connectivity index (χ2v) is 7.42. The molecule has 134 valence electrons. The first-order valence-electron chi connectivity index (χ1n) is 8.02. The summed E-state index contributed by atoms with van der Waals surface area (Å²) in [6.45, 7) is 0.561. The summed E-state index contributed by atoms with van der Waals surface area (Å²) in [5, 5.41) is 18.4. The zero-order valence-corrected chi connectivity index (χ0v) is 16.1. The molecule has 1 aromatic heterocycles. The van der Waals surface area contributed by atoms with Gasteiger partial charge in [-0.2, -0.15) is 0 Å². The Balaban J connectivity index is 1.91. The Morgan fingerprint density at radius 1 is 1.04 bits per heavy atom. The van der Waals surface area contributed by atoms with E-state index >= 15 is 0 Å². The molecule has 2 aromatic carbocycles. The molecule has 3 rings (SSSR count). The second kappa shape index (κ2) is 8.54. The lowest BCUT2D eigenvalue weighted by molar-refractivity contribution is -0.668. The molecule has 0 saturated heterocycles. The van der Waals surface area contributed by atoms with Crippen molar-refractivity contribution in [1.29, 1.82) is 0 Å². The van der Waals surface area contributed by atoms with Crippen LogP contribution >= 0.6 is 34.5 Å². The first-order valence-corrected chi connectivity index (χ1v) is 9.66. The summed E-state index contributed by atoms with van der Waals surface area (Å²) in [5.41, 5.74) is 2.93. The Morgan fingerprint density at radius 2 is 1.65 bits per heavy atom. The third-order valence-electron chi connectivity index (χ3n) is 3.82. The van der Waals surface area contributed by atoms with E-state index in [2.05, 4.69) is 9.88 Å². The number of halogens is 2. The van der Waals surface area contributed by atoms with Crippen LogP contribution in [0.1, 0.15) is 12.8 Å². The fourth-order valence-electron chi connectivity index (χ4n) is 2.55. The number of hydrogen-bond acceptors (Lipinski definition) is 4. The summed E-state index contributed by atoms with van der Waals surface area (Å²) in [6.07, 6.45) is 0.503. The highest BCUT2D eigenvalue weighted by molar-refractivity contribution is 7.13. The first kappa shape index (κ1) is 18.7. The van der Waals surface area contributed by atoms with Crippen molar-refractivity contribution < 1.29 is 14.5 Å². The number of benzene rings is 2. The van der Waals surface area contributed by atoms with Gasteiger partial charge >= 0.3 is 5.13 Å². The Hall–Kier alpha value is -2.08. The third-order valence-corrected chi connectivity index (χ3v) is 5.21. The zero-order chi connectivity index (χ0) is 18.5. The van der Waals surface area contributed by atoms with Crippen molar-refractivity contribution in [1.82, 2.24) is 0 Å². The van der Waals surface area contributed by atoms with Crippen LogP contribution in [0.5, 0.6) is 0 Å². The van der Waals surface area contributed by atoms with Gasteiger partial charge in [-0.25, -0.2) is 9.88 Å². The molecule has 4 nitrogen and oxygen atoms in total. The lowest BCUT2D eigenvalue weighted by Gasteiger charge is -2.07. The topological polar surface area (TPSA) is 56.0 Å². The van der Waals surface area contributed by atoms with Crippen LogP contribution in [-0.2, 0) is 11.3 Å². The molecule has 0 unspecified atom stereocenters. The summed E-state index contributed by atoms with van der Waals surface area (Å²) < 4.78 is 2.07. The minimum Gasteiger partial charge on any atom is -0.550 e. The van der Waals surface area contributed by atoms with Crippen molar-refractivity contribution in [2.75, 3.05) is 5.32 Å². The maximum absolute atomic E-state index is 10.8. The van der Waals surface area contributed by atoms with E-state index in [0.29, 0.717) is 23.0 Å². The van der Waals surface area contributed by atoms with Gasteiger partial charge in [0.2, 0.25) is 0 Å². The van der Waals surface area contributed by atoms with Crippen molar-refractivity contribution in [2.24, 2.45) is 0 Å². The highest BCUT2D eigenvalue weighted by Crippen LogP contribution is 2.27. The van der Waals surface area contributed by atoms with Gasteiger partial charge in [-0.3, -0.25) is 0 Å². The van der Waals surface area contributed by atoms with Gasteiger partial charge in [-0.1, -0.05) is 34.5 Å². The molecule has 0 aliphatic carbocycles. The number of nitrogens with zero attached hydrogens (tertiary/aromatic N) is 1. The van der Waals surface area contributed by atoms with Crippen molar-refractivity contribution in [3.05, 3.63) is 64.0 Å². The molecule has 3 aromatic rings. The molecule has 0 radical (unpaired) electrons. The predicted octanol–water partition coefficient (Wildman–Crippen LogP) is 4.28. The minimum absolute atomic E-state index is 0.0172. The molecular weight excluding hydrogens is 391 g/mol. The smallest absolute Gasteiger partial charge is 0.339 e. The summed E-state index contributed by atoms with van der Waals surface area (Å²) in [4.78, 5) is 10.8. The van der Waals surface area contributed by atoms with Crippen LogP contribution in [0.25, 0.3) is 11.3 Å². The average Bonchev–Trinajstić information content (AvgIpc) is 3.00. The normalized spacial score (nSPS) is 10.7. The van der Waals surface area contributed by atoms with Gasteiger partial charge in [0.25, 0.3) is 0 Å². The molecule has 0 spiro atoms. The zero-order valence-electron chi connectivity index (χ0n) is 13.7. The molecule has 0 bridgehead atoms. The highest BCUT2D eigenvalue weighted by Gasteiger charge is 2.19. The number of carboxylic acids is 1. The van der Waals surface area contributed by atoms with E-state index in [1.807, 2.05) is 53.9 Å². The van der Waals surface area contributed by atoms with Gasteiger partial charge in [0.15, 0.2) is 0 Å². The number of nitrogens with one attached hydrogen (secondary N) is 1. The van der Waals surface area contributed by atoms with E-state index in [1.165, 1.54) is 0 Å². The molecule has 0 amide bonds. The molecular formula is C19H16Cl2N2O2S. The maximum Gasteiger partial charge on any atom is 0.339 e. The molecule has 0 fully saturated rings. The number of anilines is 2. The van der Waals surface area contributed by atoms with Crippen molar-refractivity contribution >= 4 is 51.3 Å². The van der Waals surface area contributed by atoms with Crippen LogP contribution in [0.4, 0.5) is 10.8 Å². The van der Waals surface area contributed by atoms with Gasteiger partial charge in [-0.05, 0) is 61.4 Å². The van der Waals surface area contributed by atoms with E-state index in [0.717, 1.165) is 22.1 Å². The van der Waals surface area contributed by atoms with Crippen molar-refractivity contribution in [3.8, 4) is 11.3 Å². The number of thiazole rings is 1. The maximum atomic E-state index is 10.8. The fraction of sp³-hybridized carbons (Fsp3) is 0.158. The lowest BCUT2D eigenvalue weighted by atomic mass is 10.1. The Bertz CT molecular complexity index is 893. The third kappa shape index (κ3) is 4.75. The standard InChI is InChI=1S/C19H16Cl2N2O2S/c20-14-5-3-13(4-6-14)17-12-26-19(23(17)11-1-2-18(24)25)22-16-9-7-15(21)8-10-16/h3-10,12H,1-2,11H2,(H,24,25). The Kier molecular flexibility index (Phi) is 6.14. The highest BCUT2D eigenvalue weighted by atomic mass is 35.5. The van der Waals surface area contributed by atoms with Gasteiger partial charge in [-0.15, -0.1) is 0 Å². The van der Waals surface area contributed by atoms with Crippen LogP contribution in [0.2, 0.25) is 10.0 Å². The predicted molar refractivity (Wildman–Crippen MR) is 104 cm³/mol. The lowest BCUT2D eigenvalue weighted by Crippen LogP contribution is -2.37. The average molecular weight is 407 g/mol. The van der Waals surface area contributed by atoms with E-state index in [4.69, 9.17) is 23.2 Å². The van der Waals surface area contributed by atoms with Crippen LogP contribution in [-0.4, -0.2) is 5.97 Å². The monoisotopic (exact) mass is 406 g/mol. The molecule has 7 heteroatoms. The number of hydrogen-bond donors (Lipinski definition) is 1. The minimum atomic E-state index is -1.04. The van der Waals surface area contributed by atoms with Crippen LogP contribution in [0.3, 0.4) is 0 Å². The Morgan fingerprint density at radius 3 is 2.27 bits per heavy atom. The van der Waals surface area contributed by atoms with E-state index in [9.17, 15) is 9.90 Å². The molecule has 1 N–H and O–H groups in total. The molecule has 1 heterocycles. The van der Waals surface area contributed by atoms with Gasteiger partial charge in [0.05, 0.1) is 6.54 Å². The number of carbonyl (C=O) groups is 1. The number of rotatable bonds is 7. The number of aromatic nitrogens is 1. The molecule has 0 aliphatic rings. The number of carbonyl (C=O) groups excluding carboxylic acids is 1. The van der Waals surface area contributed by atoms with Crippen molar-refractivity contribution in [2.45, 2.75) is 19.4 Å². The second-order valence-electron chi connectivity index (χ2n) is 5.69. The first-order chi connectivity index (χ1) is 12.5. The van der Waals surface area contributed by atoms with Gasteiger partial charge in [0, 0.05) is 27.0 Å².